The molecule has 1 atom stereocenters. The number of methoxy groups -OCH3 is 1. The molecule has 3 rings (SSSR count). The summed E-state index contributed by atoms with van der Waals surface area (Å²) in [5.41, 5.74) is 1.56. The molecular formula is C18H15Cl2N3O2S. The number of halogens is 2. The molecule has 26 heavy (non-hydrogen) atoms. The van der Waals surface area contributed by atoms with E-state index in [0.717, 1.165) is 5.69 Å². The second kappa shape index (κ2) is 8.12. The van der Waals surface area contributed by atoms with Gasteiger partial charge in [0.25, 0.3) is 0 Å². The van der Waals surface area contributed by atoms with Crippen molar-refractivity contribution < 1.29 is 9.53 Å². The number of carbonyl (C=O) groups excluding carboxylic acids is 1. The molecule has 2 aromatic carbocycles. The van der Waals surface area contributed by atoms with Crippen LogP contribution >= 0.6 is 35.0 Å². The smallest absolute Gasteiger partial charge is 0.318 e. The monoisotopic (exact) mass is 407 g/mol. The van der Waals surface area contributed by atoms with Gasteiger partial charge in [0, 0.05) is 16.3 Å². The van der Waals surface area contributed by atoms with Gasteiger partial charge in [-0.2, -0.15) is 0 Å². The normalized spacial score (nSPS) is 12.0. The molecule has 0 spiro atoms. The van der Waals surface area contributed by atoms with Crippen LogP contribution in [-0.2, 0) is 9.53 Å². The van der Waals surface area contributed by atoms with Crippen molar-refractivity contribution in [2.45, 2.75) is 17.3 Å². The zero-order valence-electron chi connectivity index (χ0n) is 14.0. The van der Waals surface area contributed by atoms with Crippen LogP contribution in [0.5, 0.6) is 0 Å². The van der Waals surface area contributed by atoms with Crippen LogP contribution in [0.2, 0.25) is 10.0 Å². The maximum Gasteiger partial charge on any atom is 0.318 e. The largest absolute Gasteiger partial charge is 0.468 e. The molecule has 0 aliphatic heterocycles. The predicted octanol–water partition coefficient (Wildman–Crippen LogP) is 4.89. The van der Waals surface area contributed by atoms with Gasteiger partial charge < -0.3 is 4.74 Å². The first kappa shape index (κ1) is 18.8. The van der Waals surface area contributed by atoms with Gasteiger partial charge in [-0.3, -0.25) is 9.36 Å². The summed E-state index contributed by atoms with van der Waals surface area (Å²) in [4.78, 5) is 11.8. The standard InChI is InChI=1S/C18H15Cl2N3O2S/c1-11(17(24)25-2)26-18-22-21-16(14-9-8-12(19)10-15(14)20)23(18)13-6-4-3-5-7-13/h3-11H,1-2H3. The molecule has 0 bridgehead atoms. The van der Waals surface area contributed by atoms with E-state index in [1.807, 2.05) is 34.9 Å². The zero-order chi connectivity index (χ0) is 18.7. The molecule has 3 aromatic rings. The molecule has 0 saturated heterocycles. The number of benzene rings is 2. The van der Waals surface area contributed by atoms with Crippen LogP contribution in [0.15, 0.2) is 53.7 Å². The van der Waals surface area contributed by atoms with Gasteiger partial charge in [-0.15, -0.1) is 10.2 Å². The fourth-order valence-electron chi connectivity index (χ4n) is 2.37. The summed E-state index contributed by atoms with van der Waals surface area (Å²) in [5.74, 6) is 0.237. The highest BCUT2D eigenvalue weighted by atomic mass is 35.5. The Morgan fingerprint density at radius 3 is 2.54 bits per heavy atom. The van der Waals surface area contributed by atoms with Gasteiger partial charge in [0.1, 0.15) is 5.25 Å². The topological polar surface area (TPSA) is 57.0 Å². The van der Waals surface area contributed by atoms with E-state index in [9.17, 15) is 4.79 Å². The maximum absolute atomic E-state index is 11.8. The van der Waals surface area contributed by atoms with Gasteiger partial charge in [-0.1, -0.05) is 53.2 Å². The van der Waals surface area contributed by atoms with Gasteiger partial charge in [-0.25, -0.2) is 0 Å². The second-order valence-electron chi connectivity index (χ2n) is 5.38. The molecule has 1 aromatic heterocycles. The minimum absolute atomic E-state index is 0.330. The SMILES string of the molecule is COC(=O)C(C)Sc1nnc(-c2ccc(Cl)cc2Cl)n1-c1ccccc1. The van der Waals surface area contributed by atoms with Crippen molar-refractivity contribution in [2.75, 3.05) is 7.11 Å². The summed E-state index contributed by atoms with van der Waals surface area (Å²) in [6.45, 7) is 1.76. The van der Waals surface area contributed by atoms with E-state index < -0.39 is 5.25 Å². The van der Waals surface area contributed by atoms with Gasteiger partial charge in [0.05, 0.1) is 12.1 Å². The number of rotatable bonds is 5. The first-order valence-electron chi connectivity index (χ1n) is 7.72. The lowest BCUT2D eigenvalue weighted by Crippen LogP contribution is -2.15. The number of hydrogen-bond donors (Lipinski definition) is 0. The fourth-order valence-corrected chi connectivity index (χ4v) is 3.76. The van der Waals surface area contributed by atoms with Crippen molar-refractivity contribution in [1.82, 2.24) is 14.8 Å². The Morgan fingerprint density at radius 1 is 1.15 bits per heavy atom. The number of nitrogens with zero attached hydrogens (tertiary/aromatic N) is 3. The average molecular weight is 408 g/mol. The Morgan fingerprint density at radius 2 is 1.88 bits per heavy atom. The van der Waals surface area contributed by atoms with Gasteiger partial charge in [0.15, 0.2) is 11.0 Å². The molecule has 1 heterocycles. The molecular weight excluding hydrogens is 393 g/mol. The van der Waals surface area contributed by atoms with Crippen molar-refractivity contribution in [3.8, 4) is 17.1 Å². The highest BCUT2D eigenvalue weighted by molar-refractivity contribution is 8.00. The van der Waals surface area contributed by atoms with Crippen molar-refractivity contribution in [3.63, 3.8) is 0 Å². The summed E-state index contributed by atoms with van der Waals surface area (Å²) in [6.07, 6.45) is 0. The summed E-state index contributed by atoms with van der Waals surface area (Å²) in [6, 6.07) is 14.8. The van der Waals surface area contributed by atoms with Crippen molar-refractivity contribution in [1.29, 1.82) is 0 Å². The number of thioether (sulfide) groups is 1. The van der Waals surface area contributed by atoms with E-state index in [2.05, 4.69) is 10.2 Å². The van der Waals surface area contributed by atoms with E-state index in [4.69, 9.17) is 27.9 Å². The molecule has 0 aliphatic carbocycles. The van der Waals surface area contributed by atoms with E-state index >= 15 is 0 Å². The highest BCUT2D eigenvalue weighted by Gasteiger charge is 2.23. The van der Waals surface area contributed by atoms with Gasteiger partial charge in [0.2, 0.25) is 0 Å². The number of aromatic nitrogens is 3. The number of carbonyl (C=O) groups is 1. The van der Waals surface area contributed by atoms with Gasteiger partial charge in [-0.05, 0) is 37.3 Å². The van der Waals surface area contributed by atoms with Crippen LogP contribution in [0.1, 0.15) is 6.92 Å². The quantitative estimate of drug-likeness (QED) is 0.444. The molecule has 0 N–H and O–H groups in total. The molecule has 0 aliphatic rings. The maximum atomic E-state index is 11.8. The molecule has 1 unspecified atom stereocenters. The van der Waals surface area contributed by atoms with Crippen LogP contribution < -0.4 is 0 Å². The Bertz CT molecular complexity index is 931. The number of hydrogen-bond acceptors (Lipinski definition) is 5. The molecule has 0 amide bonds. The first-order chi connectivity index (χ1) is 12.5. The van der Waals surface area contributed by atoms with Crippen LogP contribution in [0.4, 0.5) is 0 Å². The second-order valence-corrected chi connectivity index (χ2v) is 7.54. The van der Waals surface area contributed by atoms with Crippen molar-refractivity contribution >= 4 is 40.9 Å². The van der Waals surface area contributed by atoms with Crippen molar-refractivity contribution in [2.24, 2.45) is 0 Å². The van der Waals surface area contributed by atoms with Gasteiger partial charge >= 0.3 is 5.97 Å². The molecule has 0 radical (unpaired) electrons. The van der Waals surface area contributed by atoms with Crippen LogP contribution in [0.3, 0.4) is 0 Å². The minimum atomic E-state index is -0.430. The summed E-state index contributed by atoms with van der Waals surface area (Å²) >= 11 is 13.6. The highest BCUT2D eigenvalue weighted by Crippen LogP contribution is 2.34. The third-order valence-electron chi connectivity index (χ3n) is 3.64. The first-order valence-corrected chi connectivity index (χ1v) is 9.35. The lowest BCUT2D eigenvalue weighted by atomic mass is 10.2. The van der Waals surface area contributed by atoms with E-state index in [0.29, 0.717) is 26.6 Å². The Hall–Kier alpha value is -2.02. The molecule has 134 valence electrons. The Kier molecular flexibility index (Phi) is 5.86. The number of esters is 1. The zero-order valence-corrected chi connectivity index (χ0v) is 16.3. The molecule has 0 saturated carbocycles. The lowest BCUT2D eigenvalue weighted by molar-refractivity contribution is -0.139. The Balaban J connectivity index is 2.12. The minimum Gasteiger partial charge on any atom is -0.468 e. The van der Waals surface area contributed by atoms with E-state index in [1.54, 1.807) is 25.1 Å². The fraction of sp³-hybridized carbons (Fsp3) is 0.167. The van der Waals surface area contributed by atoms with E-state index in [-0.39, 0.29) is 5.97 Å². The number of ether oxygens (including phenoxy) is 1. The van der Waals surface area contributed by atoms with E-state index in [1.165, 1.54) is 18.9 Å². The summed E-state index contributed by atoms with van der Waals surface area (Å²) < 4.78 is 6.66. The molecule has 0 fully saturated rings. The third kappa shape index (κ3) is 3.87. The lowest BCUT2D eigenvalue weighted by Gasteiger charge is -2.13. The average Bonchev–Trinajstić information content (AvgIpc) is 3.04. The van der Waals surface area contributed by atoms with Crippen LogP contribution in [-0.4, -0.2) is 33.1 Å². The summed E-state index contributed by atoms with van der Waals surface area (Å²) in [7, 11) is 1.36. The van der Waals surface area contributed by atoms with Crippen LogP contribution in [0, 0.1) is 0 Å². The predicted molar refractivity (Wildman–Crippen MR) is 104 cm³/mol. The summed E-state index contributed by atoms with van der Waals surface area (Å²) in [5, 5.41) is 9.72. The number of para-hydroxylation sites is 1. The molecule has 5 nitrogen and oxygen atoms in total. The van der Waals surface area contributed by atoms with Crippen molar-refractivity contribution in [3.05, 3.63) is 58.6 Å². The van der Waals surface area contributed by atoms with Crippen LogP contribution in [0.25, 0.3) is 17.1 Å². The Labute approximate surface area is 165 Å². The molecule has 8 heteroatoms. The third-order valence-corrected chi connectivity index (χ3v) is 5.20.